The summed E-state index contributed by atoms with van der Waals surface area (Å²) in [5.74, 6) is -3.42. The van der Waals surface area contributed by atoms with Gasteiger partial charge in [0.2, 0.25) is 0 Å². The lowest BCUT2D eigenvalue weighted by Gasteiger charge is -2.08. The molecular formula is C14H16F2N2O3. The molecular weight excluding hydrogens is 282 g/mol. The van der Waals surface area contributed by atoms with Crippen LogP contribution in [0.1, 0.15) is 38.1 Å². The van der Waals surface area contributed by atoms with Gasteiger partial charge in [-0.25, -0.2) is 8.78 Å². The van der Waals surface area contributed by atoms with Gasteiger partial charge in [0.25, 0.3) is 11.6 Å². The molecule has 2 rings (SSSR count). The summed E-state index contributed by atoms with van der Waals surface area (Å²) < 4.78 is 26.4. The molecule has 1 fully saturated rings. The maximum absolute atomic E-state index is 13.3. The van der Waals surface area contributed by atoms with Gasteiger partial charge in [-0.1, -0.05) is 27.7 Å². The third-order valence-corrected chi connectivity index (χ3v) is 4.78. The Labute approximate surface area is 120 Å². The number of carbonyl (C=O) groups excluding carboxylic acids is 1. The third kappa shape index (κ3) is 2.26. The first-order valence-corrected chi connectivity index (χ1v) is 6.44. The maximum atomic E-state index is 13.3. The van der Waals surface area contributed by atoms with Crippen LogP contribution in [0.3, 0.4) is 0 Å². The second-order valence-corrected chi connectivity index (χ2v) is 6.39. The van der Waals surface area contributed by atoms with Crippen molar-refractivity contribution in [1.82, 2.24) is 5.32 Å². The predicted molar refractivity (Wildman–Crippen MR) is 71.8 cm³/mol. The summed E-state index contributed by atoms with van der Waals surface area (Å²) >= 11 is 0. The largest absolute Gasteiger partial charge is 0.348 e. The highest BCUT2D eigenvalue weighted by molar-refractivity contribution is 5.98. The molecule has 5 nitrogen and oxygen atoms in total. The summed E-state index contributed by atoms with van der Waals surface area (Å²) in [6.07, 6.45) is 0. The van der Waals surface area contributed by atoms with E-state index in [-0.39, 0.29) is 16.9 Å². The van der Waals surface area contributed by atoms with Crippen LogP contribution in [-0.4, -0.2) is 16.9 Å². The number of benzene rings is 1. The van der Waals surface area contributed by atoms with Crippen molar-refractivity contribution in [2.75, 3.05) is 0 Å². The summed E-state index contributed by atoms with van der Waals surface area (Å²) in [5.41, 5.74) is -1.56. The second kappa shape index (κ2) is 4.47. The lowest BCUT2D eigenvalue weighted by Crippen LogP contribution is -2.30. The number of nitrogens with one attached hydrogen (secondary N) is 1. The van der Waals surface area contributed by atoms with E-state index >= 15 is 0 Å². The van der Waals surface area contributed by atoms with Gasteiger partial charge in [-0.15, -0.1) is 0 Å². The third-order valence-electron chi connectivity index (χ3n) is 4.78. The normalized spacial score (nSPS) is 19.1. The maximum Gasteiger partial charge on any atom is 0.285 e. The van der Waals surface area contributed by atoms with Gasteiger partial charge in [0.1, 0.15) is 5.56 Å². The minimum Gasteiger partial charge on any atom is -0.348 e. The molecule has 114 valence electrons. The van der Waals surface area contributed by atoms with Crippen molar-refractivity contribution in [2.45, 2.75) is 33.7 Å². The zero-order chi connectivity index (χ0) is 16.2. The van der Waals surface area contributed by atoms with Crippen molar-refractivity contribution in [3.63, 3.8) is 0 Å². The van der Waals surface area contributed by atoms with Crippen LogP contribution < -0.4 is 5.32 Å². The zero-order valence-electron chi connectivity index (χ0n) is 12.2. The SMILES string of the molecule is CC1(C)C(NC(=O)c2cc(F)c(F)cc2[N+](=O)[O-])C1(C)C. The summed E-state index contributed by atoms with van der Waals surface area (Å²) in [4.78, 5) is 22.1. The fourth-order valence-corrected chi connectivity index (χ4v) is 2.64. The number of rotatable bonds is 3. The molecule has 1 saturated carbocycles. The summed E-state index contributed by atoms with van der Waals surface area (Å²) in [7, 11) is 0. The molecule has 0 heterocycles. The summed E-state index contributed by atoms with van der Waals surface area (Å²) in [5, 5.41) is 13.5. The molecule has 0 radical (unpaired) electrons. The monoisotopic (exact) mass is 298 g/mol. The second-order valence-electron chi connectivity index (χ2n) is 6.39. The van der Waals surface area contributed by atoms with Gasteiger partial charge < -0.3 is 5.32 Å². The Bertz CT molecular complexity index is 627. The average molecular weight is 298 g/mol. The van der Waals surface area contributed by atoms with Gasteiger partial charge in [-0.3, -0.25) is 14.9 Å². The van der Waals surface area contributed by atoms with Crippen LogP contribution in [0.25, 0.3) is 0 Å². The first-order chi connectivity index (χ1) is 9.50. The molecule has 0 spiro atoms. The topological polar surface area (TPSA) is 72.2 Å². The van der Waals surface area contributed by atoms with Crippen LogP contribution in [-0.2, 0) is 0 Å². The lowest BCUT2D eigenvalue weighted by molar-refractivity contribution is -0.385. The van der Waals surface area contributed by atoms with E-state index in [4.69, 9.17) is 0 Å². The molecule has 21 heavy (non-hydrogen) atoms. The molecule has 0 aromatic heterocycles. The van der Waals surface area contributed by atoms with E-state index in [0.717, 1.165) is 0 Å². The van der Waals surface area contributed by atoms with Crippen LogP contribution in [0.4, 0.5) is 14.5 Å². The standard InChI is InChI=1S/C14H16F2N2O3/c1-13(2)12(14(13,3)4)17-11(19)7-5-8(15)9(16)6-10(7)18(20)21/h5-6,12H,1-4H3,(H,17,19). The Balaban J connectivity index is 2.33. The highest BCUT2D eigenvalue weighted by Crippen LogP contribution is 2.62. The lowest BCUT2D eigenvalue weighted by atomic mass is 10.0. The highest BCUT2D eigenvalue weighted by Gasteiger charge is 2.65. The van der Waals surface area contributed by atoms with Crippen LogP contribution in [0.15, 0.2) is 12.1 Å². The molecule has 1 aromatic carbocycles. The summed E-state index contributed by atoms with van der Waals surface area (Å²) in [6, 6.07) is 0.795. The van der Waals surface area contributed by atoms with E-state index < -0.39 is 33.7 Å². The van der Waals surface area contributed by atoms with Crippen molar-refractivity contribution < 1.29 is 18.5 Å². The minimum absolute atomic E-state index is 0.171. The molecule has 0 unspecified atom stereocenters. The minimum atomic E-state index is -1.36. The van der Waals surface area contributed by atoms with E-state index in [2.05, 4.69) is 5.32 Å². The van der Waals surface area contributed by atoms with Crippen LogP contribution in [0, 0.1) is 32.6 Å². The van der Waals surface area contributed by atoms with Crippen molar-refractivity contribution >= 4 is 11.6 Å². The van der Waals surface area contributed by atoms with Gasteiger partial charge in [-0.05, 0) is 16.9 Å². The molecule has 1 aromatic rings. The fourth-order valence-electron chi connectivity index (χ4n) is 2.64. The Kier molecular flexibility index (Phi) is 3.27. The molecule has 0 atom stereocenters. The van der Waals surface area contributed by atoms with Crippen molar-refractivity contribution in [1.29, 1.82) is 0 Å². The van der Waals surface area contributed by atoms with Crippen molar-refractivity contribution in [3.05, 3.63) is 39.4 Å². The van der Waals surface area contributed by atoms with E-state index in [1.54, 1.807) is 0 Å². The Morgan fingerprint density at radius 2 is 1.67 bits per heavy atom. The highest BCUT2D eigenvalue weighted by atomic mass is 19.2. The Morgan fingerprint density at radius 1 is 1.19 bits per heavy atom. The summed E-state index contributed by atoms with van der Waals surface area (Å²) in [6.45, 7) is 7.82. The van der Waals surface area contributed by atoms with Gasteiger partial charge in [0.05, 0.1) is 11.0 Å². The molecule has 1 N–H and O–H groups in total. The number of nitrogens with zero attached hydrogens (tertiary/aromatic N) is 1. The van der Waals surface area contributed by atoms with E-state index in [0.29, 0.717) is 12.1 Å². The quantitative estimate of drug-likeness (QED) is 0.688. The first-order valence-electron chi connectivity index (χ1n) is 6.44. The van der Waals surface area contributed by atoms with Gasteiger partial charge in [-0.2, -0.15) is 0 Å². The van der Waals surface area contributed by atoms with E-state index in [1.807, 2.05) is 27.7 Å². The zero-order valence-corrected chi connectivity index (χ0v) is 12.2. The molecule has 7 heteroatoms. The first kappa shape index (κ1) is 15.3. The van der Waals surface area contributed by atoms with Crippen molar-refractivity contribution in [3.8, 4) is 0 Å². The number of halogens is 2. The van der Waals surface area contributed by atoms with E-state index in [1.165, 1.54) is 0 Å². The predicted octanol–water partition coefficient (Wildman–Crippen LogP) is 3.04. The van der Waals surface area contributed by atoms with E-state index in [9.17, 15) is 23.7 Å². The Morgan fingerprint density at radius 3 is 2.10 bits per heavy atom. The van der Waals surface area contributed by atoms with Gasteiger partial charge in [0.15, 0.2) is 11.6 Å². The van der Waals surface area contributed by atoms with Gasteiger partial charge in [0, 0.05) is 6.04 Å². The molecule has 0 saturated heterocycles. The van der Waals surface area contributed by atoms with Crippen LogP contribution in [0.5, 0.6) is 0 Å². The fraction of sp³-hybridized carbons (Fsp3) is 0.500. The molecule has 0 aliphatic heterocycles. The molecule has 1 amide bonds. The Hall–Kier alpha value is -2.05. The van der Waals surface area contributed by atoms with Crippen LogP contribution in [0.2, 0.25) is 0 Å². The molecule has 1 aliphatic carbocycles. The number of carbonyl (C=O) groups is 1. The number of amides is 1. The number of hydrogen-bond donors (Lipinski definition) is 1. The van der Waals surface area contributed by atoms with Crippen molar-refractivity contribution in [2.24, 2.45) is 10.8 Å². The number of nitro groups is 1. The smallest absolute Gasteiger partial charge is 0.285 e. The molecule has 1 aliphatic rings. The molecule has 0 bridgehead atoms. The van der Waals surface area contributed by atoms with Crippen LogP contribution >= 0.6 is 0 Å². The number of nitro benzene ring substituents is 1. The van der Waals surface area contributed by atoms with Gasteiger partial charge >= 0.3 is 0 Å². The number of hydrogen-bond acceptors (Lipinski definition) is 3. The average Bonchev–Trinajstić information content (AvgIpc) is 2.74.